The number of halogens is 1. The molecule has 1 unspecified atom stereocenters. The summed E-state index contributed by atoms with van der Waals surface area (Å²) in [6.45, 7) is 5.53. The molecule has 3 rings (SSSR count). The van der Waals surface area contributed by atoms with Gasteiger partial charge in [-0.1, -0.05) is 12.1 Å². The molecule has 1 aromatic heterocycles. The van der Waals surface area contributed by atoms with Crippen molar-refractivity contribution in [2.75, 3.05) is 19.6 Å². The van der Waals surface area contributed by atoms with Crippen LogP contribution < -0.4 is 0 Å². The minimum Gasteiger partial charge on any atom is -0.337 e. The number of aryl methyl sites for hydroxylation is 2. The van der Waals surface area contributed by atoms with Gasteiger partial charge in [0.1, 0.15) is 11.9 Å². The van der Waals surface area contributed by atoms with Crippen LogP contribution in [0.4, 0.5) is 4.39 Å². The van der Waals surface area contributed by atoms with Gasteiger partial charge < -0.3 is 9.42 Å². The van der Waals surface area contributed by atoms with E-state index in [1.807, 2.05) is 0 Å². The lowest BCUT2D eigenvalue weighted by atomic mass is 10.2. The number of hydrogen-bond donors (Lipinski definition) is 0. The number of amides is 1. The zero-order valence-corrected chi connectivity index (χ0v) is 16.9. The Hall–Kier alpha value is -2.33. The second-order valence-electron chi connectivity index (χ2n) is 6.76. The number of rotatable bonds is 4. The van der Waals surface area contributed by atoms with Gasteiger partial charge in [0, 0.05) is 26.1 Å². The summed E-state index contributed by atoms with van der Waals surface area (Å²) in [5.41, 5.74) is 0.253. The van der Waals surface area contributed by atoms with Crippen LogP contribution in [0.3, 0.4) is 0 Å². The van der Waals surface area contributed by atoms with Gasteiger partial charge in [0.15, 0.2) is 5.82 Å². The van der Waals surface area contributed by atoms with Crippen molar-refractivity contribution in [3.05, 3.63) is 41.3 Å². The van der Waals surface area contributed by atoms with E-state index in [0.717, 1.165) is 6.07 Å². The monoisotopic (exact) mass is 410 g/mol. The molecule has 1 aromatic carbocycles. The van der Waals surface area contributed by atoms with Crippen molar-refractivity contribution in [3.63, 3.8) is 0 Å². The Morgan fingerprint density at radius 2 is 2.07 bits per heavy atom. The lowest BCUT2D eigenvalue weighted by molar-refractivity contribution is -0.133. The van der Waals surface area contributed by atoms with Crippen molar-refractivity contribution in [1.82, 2.24) is 19.3 Å². The van der Waals surface area contributed by atoms with Crippen molar-refractivity contribution < 1.29 is 22.1 Å². The second kappa shape index (κ2) is 7.96. The van der Waals surface area contributed by atoms with Crippen LogP contribution in [0, 0.1) is 19.7 Å². The smallest absolute Gasteiger partial charge is 0.250 e. The van der Waals surface area contributed by atoms with Crippen LogP contribution in [0.2, 0.25) is 0 Å². The van der Waals surface area contributed by atoms with Crippen LogP contribution in [0.5, 0.6) is 0 Å². The maximum Gasteiger partial charge on any atom is 0.250 e. The highest BCUT2D eigenvalue weighted by Gasteiger charge is 2.37. The number of sulfonamides is 1. The minimum absolute atomic E-state index is 0.00781. The Labute approximate surface area is 163 Å². The van der Waals surface area contributed by atoms with Gasteiger partial charge in [0.2, 0.25) is 15.9 Å². The summed E-state index contributed by atoms with van der Waals surface area (Å²) in [5, 5.41) is 3.78. The van der Waals surface area contributed by atoms with Gasteiger partial charge in [-0.05, 0) is 44.0 Å². The zero-order valence-electron chi connectivity index (χ0n) is 16.1. The number of carbonyl (C=O) groups excluding carboxylic acids is 1. The largest absolute Gasteiger partial charge is 0.337 e. The maximum absolute atomic E-state index is 13.6. The Morgan fingerprint density at radius 3 is 2.68 bits per heavy atom. The van der Waals surface area contributed by atoms with Gasteiger partial charge in [-0.2, -0.15) is 9.29 Å². The summed E-state index contributed by atoms with van der Waals surface area (Å²) in [4.78, 5) is 18.3. The van der Waals surface area contributed by atoms with Gasteiger partial charge in [0.25, 0.3) is 5.89 Å². The van der Waals surface area contributed by atoms with E-state index >= 15 is 0 Å². The lowest BCUT2D eigenvalue weighted by Gasteiger charge is -2.28. The van der Waals surface area contributed by atoms with Crippen molar-refractivity contribution in [2.45, 2.75) is 44.6 Å². The molecule has 10 heteroatoms. The highest BCUT2D eigenvalue weighted by atomic mass is 32.2. The first-order valence-electron chi connectivity index (χ1n) is 9.10. The molecule has 2 heterocycles. The molecule has 1 aliphatic heterocycles. The SMILES string of the molecule is CCC(=O)N1CCCN(S(=O)(=O)c2ccc(F)c(C)c2)CC1c1nc(C)no1. The van der Waals surface area contributed by atoms with E-state index in [9.17, 15) is 17.6 Å². The third-order valence-electron chi connectivity index (χ3n) is 4.78. The molecule has 0 aliphatic carbocycles. The summed E-state index contributed by atoms with van der Waals surface area (Å²) in [6, 6.07) is 3.04. The van der Waals surface area contributed by atoms with Crippen LogP contribution in [-0.2, 0) is 14.8 Å². The van der Waals surface area contributed by atoms with E-state index in [0.29, 0.717) is 18.8 Å². The standard InChI is InChI=1S/C18H23FN4O4S/c1-4-17(24)23-9-5-8-22(11-16(23)18-20-13(3)21-27-18)28(25,26)14-6-7-15(19)12(2)10-14/h6-7,10,16H,4-5,8-9,11H2,1-3H3. The molecule has 0 radical (unpaired) electrons. The van der Waals surface area contributed by atoms with E-state index in [4.69, 9.17) is 4.52 Å². The average Bonchev–Trinajstić information content (AvgIpc) is 2.96. The van der Waals surface area contributed by atoms with Crippen LogP contribution in [-0.4, -0.2) is 53.3 Å². The zero-order chi connectivity index (χ0) is 20.5. The molecule has 2 aromatic rings. The Morgan fingerprint density at radius 1 is 1.32 bits per heavy atom. The second-order valence-corrected chi connectivity index (χ2v) is 8.70. The number of hydrogen-bond acceptors (Lipinski definition) is 6. The van der Waals surface area contributed by atoms with E-state index in [1.165, 1.54) is 23.4 Å². The summed E-state index contributed by atoms with van der Waals surface area (Å²) >= 11 is 0. The summed E-state index contributed by atoms with van der Waals surface area (Å²) < 4.78 is 46.5. The Balaban J connectivity index is 1.98. The molecule has 0 saturated carbocycles. The maximum atomic E-state index is 13.6. The molecule has 1 atom stereocenters. The molecule has 1 fully saturated rings. The molecule has 1 saturated heterocycles. The van der Waals surface area contributed by atoms with Crippen molar-refractivity contribution >= 4 is 15.9 Å². The third kappa shape index (κ3) is 3.93. The molecule has 1 amide bonds. The molecule has 152 valence electrons. The highest BCUT2D eigenvalue weighted by molar-refractivity contribution is 7.89. The van der Waals surface area contributed by atoms with Crippen molar-refractivity contribution in [1.29, 1.82) is 0 Å². The van der Waals surface area contributed by atoms with Crippen LogP contribution in [0.1, 0.15) is 43.1 Å². The van der Waals surface area contributed by atoms with Gasteiger partial charge in [-0.25, -0.2) is 12.8 Å². The summed E-state index contributed by atoms with van der Waals surface area (Å²) in [7, 11) is -3.88. The lowest BCUT2D eigenvalue weighted by Crippen LogP contribution is -2.40. The number of aromatic nitrogens is 2. The fourth-order valence-corrected chi connectivity index (χ4v) is 4.83. The topological polar surface area (TPSA) is 96.6 Å². The molecule has 0 bridgehead atoms. The minimum atomic E-state index is -3.88. The van der Waals surface area contributed by atoms with Crippen molar-refractivity contribution in [3.8, 4) is 0 Å². The molecule has 0 N–H and O–H groups in total. The fourth-order valence-electron chi connectivity index (χ4n) is 3.26. The quantitative estimate of drug-likeness (QED) is 0.767. The van der Waals surface area contributed by atoms with Crippen LogP contribution in [0.15, 0.2) is 27.6 Å². The van der Waals surface area contributed by atoms with Crippen LogP contribution >= 0.6 is 0 Å². The predicted molar refractivity (Wildman–Crippen MR) is 98.3 cm³/mol. The summed E-state index contributed by atoms with van der Waals surface area (Å²) in [6.07, 6.45) is 0.752. The number of carbonyl (C=O) groups is 1. The predicted octanol–water partition coefficient (Wildman–Crippen LogP) is 2.20. The highest BCUT2D eigenvalue weighted by Crippen LogP contribution is 2.28. The van der Waals surface area contributed by atoms with E-state index in [2.05, 4.69) is 10.1 Å². The van der Waals surface area contributed by atoms with Crippen molar-refractivity contribution in [2.24, 2.45) is 0 Å². The normalized spacial score (nSPS) is 18.9. The molecule has 0 spiro atoms. The number of benzene rings is 1. The molecular weight excluding hydrogens is 387 g/mol. The van der Waals surface area contributed by atoms with E-state index < -0.39 is 21.9 Å². The molecule has 8 nitrogen and oxygen atoms in total. The van der Waals surface area contributed by atoms with Gasteiger partial charge in [-0.3, -0.25) is 4.79 Å². The van der Waals surface area contributed by atoms with Crippen LogP contribution in [0.25, 0.3) is 0 Å². The van der Waals surface area contributed by atoms with Gasteiger partial charge in [-0.15, -0.1) is 0 Å². The van der Waals surface area contributed by atoms with Gasteiger partial charge >= 0.3 is 0 Å². The van der Waals surface area contributed by atoms with Gasteiger partial charge in [0.05, 0.1) is 4.90 Å². The Kier molecular flexibility index (Phi) is 5.80. The molecular formula is C18H23FN4O4S. The first-order valence-corrected chi connectivity index (χ1v) is 10.5. The average molecular weight is 410 g/mol. The van der Waals surface area contributed by atoms with E-state index in [1.54, 1.807) is 18.7 Å². The first kappa shape index (κ1) is 20.4. The Bertz CT molecular complexity index is 976. The summed E-state index contributed by atoms with van der Waals surface area (Å²) in [5.74, 6) is 0.0369. The molecule has 28 heavy (non-hydrogen) atoms. The first-order chi connectivity index (χ1) is 13.2. The fraction of sp³-hybridized carbons (Fsp3) is 0.500. The third-order valence-corrected chi connectivity index (χ3v) is 6.64. The number of nitrogens with zero attached hydrogens (tertiary/aromatic N) is 4. The molecule has 1 aliphatic rings. The van der Waals surface area contributed by atoms with E-state index in [-0.39, 0.29) is 41.8 Å².